The first kappa shape index (κ1) is 23.1. The highest BCUT2D eigenvalue weighted by Gasteiger charge is 2.39. The van der Waals surface area contributed by atoms with E-state index in [1.807, 2.05) is 45.5 Å². The molecular weight excluding hydrogens is 450 g/mol. The predicted molar refractivity (Wildman–Crippen MR) is 130 cm³/mol. The Morgan fingerprint density at radius 3 is 2.38 bits per heavy atom. The van der Waals surface area contributed by atoms with E-state index < -0.39 is 0 Å². The lowest BCUT2D eigenvalue weighted by atomic mass is 9.94. The maximum atomic E-state index is 13.0. The number of piperidine rings is 1. The Balaban J connectivity index is 1.10. The minimum absolute atomic E-state index is 0.0129. The summed E-state index contributed by atoms with van der Waals surface area (Å²) < 4.78 is 11.3. The van der Waals surface area contributed by atoms with Crippen LogP contribution in [-0.4, -0.2) is 58.6 Å². The molecule has 0 atom stereocenters. The first-order valence-corrected chi connectivity index (χ1v) is 13.5. The van der Waals surface area contributed by atoms with Gasteiger partial charge in [0, 0.05) is 31.1 Å². The van der Waals surface area contributed by atoms with Crippen molar-refractivity contribution < 1.29 is 19.1 Å². The topological polar surface area (TPSA) is 72.0 Å². The lowest BCUT2D eigenvalue weighted by Crippen LogP contribution is -2.44. The zero-order chi connectivity index (χ0) is 23.3. The number of amides is 2. The summed E-state index contributed by atoms with van der Waals surface area (Å²) in [5, 5.41) is 2.84. The molecule has 0 bridgehead atoms. The number of hydrogen-bond acceptors (Lipinski definition) is 6. The number of thiazole rings is 1. The van der Waals surface area contributed by atoms with E-state index in [0.29, 0.717) is 36.8 Å². The zero-order valence-electron chi connectivity index (χ0n) is 19.6. The number of nitrogens with zero attached hydrogens (tertiary/aromatic N) is 3. The van der Waals surface area contributed by atoms with E-state index in [4.69, 9.17) is 9.47 Å². The summed E-state index contributed by atoms with van der Waals surface area (Å²) in [5.74, 6) is 1.42. The van der Waals surface area contributed by atoms with Crippen molar-refractivity contribution >= 4 is 23.3 Å². The Morgan fingerprint density at radius 2 is 1.68 bits per heavy atom. The molecule has 2 amide bonds. The van der Waals surface area contributed by atoms with Crippen molar-refractivity contribution in [3.05, 3.63) is 40.7 Å². The molecule has 34 heavy (non-hydrogen) atoms. The summed E-state index contributed by atoms with van der Waals surface area (Å²) >= 11 is 1.55. The molecule has 8 heteroatoms. The number of benzene rings is 1. The fraction of sp³-hybridized carbons (Fsp3) is 0.577. The quantitative estimate of drug-likeness (QED) is 0.540. The number of aromatic nitrogens is 1. The Bertz CT molecular complexity index is 963. The number of likely N-dealkylation sites (tertiary alicyclic amines) is 1. The van der Waals surface area contributed by atoms with Crippen LogP contribution >= 0.6 is 11.3 Å². The fourth-order valence-corrected chi connectivity index (χ4v) is 5.98. The van der Waals surface area contributed by atoms with E-state index in [1.165, 1.54) is 19.3 Å². The molecule has 7 nitrogen and oxygen atoms in total. The maximum absolute atomic E-state index is 13.0. The van der Waals surface area contributed by atoms with Crippen LogP contribution in [0.2, 0.25) is 0 Å². The van der Waals surface area contributed by atoms with Gasteiger partial charge in [-0.25, -0.2) is 9.78 Å². The molecule has 2 saturated carbocycles. The lowest BCUT2D eigenvalue weighted by molar-refractivity contribution is -0.134. The molecule has 1 aliphatic heterocycles. The standard InChI is InChI=1S/C26H33N3O4S/c30-24(17-32-22-9-5-2-6-10-22)28-15-13-19(14-16-28)25-27-23(18-34-25)33-26(31)29(21-11-12-21)20-7-3-1-4-8-20/h2,5-6,9-10,18-21H,1,3-4,7-8,11-17H2. The van der Waals surface area contributed by atoms with Crippen LogP contribution in [0.3, 0.4) is 0 Å². The van der Waals surface area contributed by atoms with E-state index in [0.717, 1.165) is 43.5 Å². The number of ether oxygens (including phenoxy) is 2. The van der Waals surface area contributed by atoms with Crippen LogP contribution in [0.15, 0.2) is 35.7 Å². The van der Waals surface area contributed by atoms with Gasteiger partial charge in [0.2, 0.25) is 5.88 Å². The van der Waals surface area contributed by atoms with Gasteiger partial charge in [-0.05, 0) is 50.7 Å². The average Bonchev–Trinajstić information content (AvgIpc) is 3.60. The van der Waals surface area contributed by atoms with Crippen LogP contribution in [0.5, 0.6) is 11.6 Å². The Labute approximate surface area is 205 Å². The molecule has 0 spiro atoms. The number of carbonyl (C=O) groups is 2. The first-order chi connectivity index (χ1) is 16.7. The van der Waals surface area contributed by atoms with Crippen LogP contribution in [0.25, 0.3) is 0 Å². The van der Waals surface area contributed by atoms with Crippen molar-refractivity contribution in [1.29, 1.82) is 0 Å². The molecule has 0 radical (unpaired) electrons. The lowest BCUT2D eigenvalue weighted by Gasteiger charge is -2.33. The Kier molecular flexibility index (Phi) is 7.33. The average molecular weight is 484 g/mol. The molecule has 1 aromatic heterocycles. The maximum Gasteiger partial charge on any atom is 0.417 e. The van der Waals surface area contributed by atoms with Gasteiger partial charge in [-0.1, -0.05) is 37.5 Å². The third kappa shape index (κ3) is 5.71. The van der Waals surface area contributed by atoms with E-state index >= 15 is 0 Å². The molecule has 1 aromatic carbocycles. The zero-order valence-corrected chi connectivity index (χ0v) is 20.4. The smallest absolute Gasteiger partial charge is 0.417 e. The third-order valence-corrected chi connectivity index (χ3v) is 8.10. The van der Waals surface area contributed by atoms with Gasteiger partial charge in [0.05, 0.1) is 10.4 Å². The second kappa shape index (κ2) is 10.8. The minimum Gasteiger partial charge on any atom is -0.484 e. The van der Waals surface area contributed by atoms with Crippen molar-refractivity contribution in [3.8, 4) is 11.6 Å². The van der Waals surface area contributed by atoms with Crippen LogP contribution in [-0.2, 0) is 4.79 Å². The van der Waals surface area contributed by atoms with Crippen LogP contribution < -0.4 is 9.47 Å². The van der Waals surface area contributed by atoms with Crippen molar-refractivity contribution in [3.63, 3.8) is 0 Å². The van der Waals surface area contributed by atoms with Crippen LogP contribution in [0.4, 0.5) is 4.79 Å². The third-order valence-electron chi connectivity index (χ3n) is 7.11. The molecule has 2 aliphatic carbocycles. The largest absolute Gasteiger partial charge is 0.484 e. The number of rotatable bonds is 7. The SMILES string of the molecule is O=C(COc1ccccc1)N1CCC(c2nc(OC(=O)N(C3CCCCC3)C3CC3)cs2)CC1. The van der Waals surface area contributed by atoms with E-state index in [1.54, 1.807) is 11.3 Å². The highest BCUT2D eigenvalue weighted by Crippen LogP contribution is 2.36. The predicted octanol–water partition coefficient (Wildman–Crippen LogP) is 5.22. The monoisotopic (exact) mass is 483 g/mol. The van der Waals surface area contributed by atoms with Gasteiger partial charge in [-0.2, -0.15) is 0 Å². The molecule has 3 fully saturated rings. The van der Waals surface area contributed by atoms with Crippen molar-refractivity contribution in [2.45, 2.75) is 75.8 Å². The van der Waals surface area contributed by atoms with Gasteiger partial charge in [0.1, 0.15) is 5.75 Å². The van der Waals surface area contributed by atoms with Crippen molar-refractivity contribution in [1.82, 2.24) is 14.8 Å². The summed E-state index contributed by atoms with van der Waals surface area (Å²) in [6.45, 7) is 1.44. The van der Waals surface area contributed by atoms with E-state index in [-0.39, 0.29) is 24.5 Å². The number of hydrogen-bond donors (Lipinski definition) is 0. The molecule has 5 rings (SSSR count). The van der Waals surface area contributed by atoms with Crippen molar-refractivity contribution in [2.75, 3.05) is 19.7 Å². The molecule has 2 aromatic rings. The van der Waals surface area contributed by atoms with Crippen LogP contribution in [0.1, 0.15) is 68.7 Å². The van der Waals surface area contributed by atoms with E-state index in [9.17, 15) is 9.59 Å². The fourth-order valence-electron chi connectivity index (χ4n) is 5.09. The summed E-state index contributed by atoms with van der Waals surface area (Å²) in [4.78, 5) is 34.0. The van der Waals surface area contributed by atoms with Gasteiger partial charge in [-0.3, -0.25) is 4.79 Å². The molecule has 3 aliphatic rings. The molecule has 1 saturated heterocycles. The molecular formula is C26H33N3O4S. The molecule has 0 N–H and O–H groups in total. The highest BCUT2D eigenvalue weighted by atomic mass is 32.1. The second-order valence-corrected chi connectivity index (χ2v) is 10.5. The number of para-hydroxylation sites is 1. The van der Waals surface area contributed by atoms with Gasteiger partial charge < -0.3 is 19.3 Å². The minimum atomic E-state index is -0.231. The Hall–Kier alpha value is -2.61. The summed E-state index contributed by atoms with van der Waals surface area (Å²) in [6.07, 6.45) is 9.48. The van der Waals surface area contributed by atoms with Gasteiger partial charge >= 0.3 is 6.09 Å². The van der Waals surface area contributed by atoms with E-state index in [2.05, 4.69) is 4.98 Å². The van der Waals surface area contributed by atoms with Gasteiger partial charge in [0.25, 0.3) is 5.91 Å². The summed E-state index contributed by atoms with van der Waals surface area (Å²) in [5.41, 5.74) is 0. The molecule has 0 unspecified atom stereocenters. The molecule has 182 valence electrons. The van der Waals surface area contributed by atoms with Crippen molar-refractivity contribution in [2.24, 2.45) is 0 Å². The second-order valence-electron chi connectivity index (χ2n) is 9.58. The normalized spacial score (nSPS) is 19.6. The first-order valence-electron chi connectivity index (χ1n) is 12.6. The van der Waals surface area contributed by atoms with Crippen LogP contribution in [0, 0.1) is 0 Å². The summed E-state index contributed by atoms with van der Waals surface area (Å²) in [7, 11) is 0. The number of carbonyl (C=O) groups excluding carboxylic acids is 2. The summed E-state index contributed by atoms with van der Waals surface area (Å²) in [6, 6.07) is 10.1. The Morgan fingerprint density at radius 1 is 0.971 bits per heavy atom. The molecule has 2 heterocycles. The van der Waals surface area contributed by atoms with Gasteiger partial charge in [-0.15, -0.1) is 11.3 Å². The highest BCUT2D eigenvalue weighted by molar-refractivity contribution is 7.09. The van der Waals surface area contributed by atoms with Gasteiger partial charge in [0.15, 0.2) is 6.61 Å².